The number of imidazole rings is 1. The van der Waals surface area contributed by atoms with E-state index in [9.17, 15) is 0 Å². The summed E-state index contributed by atoms with van der Waals surface area (Å²) >= 11 is 0. The Bertz CT molecular complexity index is 431. The molecule has 4 atom stereocenters. The highest BCUT2D eigenvalue weighted by Gasteiger charge is 2.37. The number of hydrogen-bond donors (Lipinski definition) is 1. The third-order valence-corrected chi connectivity index (χ3v) is 5.67. The number of nitrogens with one attached hydrogen (secondary N) is 1. The third-order valence-electron chi connectivity index (χ3n) is 5.67. The van der Waals surface area contributed by atoms with Gasteiger partial charge in [-0.3, -0.25) is 0 Å². The van der Waals surface area contributed by atoms with Crippen LogP contribution in [-0.4, -0.2) is 22.6 Å². The minimum Gasteiger partial charge on any atom is -0.331 e. The fraction of sp³-hybridized carbons (Fsp3) is 0.812. The van der Waals surface area contributed by atoms with Crippen LogP contribution >= 0.6 is 0 Å². The zero-order chi connectivity index (χ0) is 13.5. The zero-order valence-electron chi connectivity index (χ0n) is 12.5. The molecule has 2 heterocycles. The highest BCUT2D eigenvalue weighted by Crippen LogP contribution is 2.40. The van der Waals surface area contributed by atoms with Gasteiger partial charge in [0.15, 0.2) is 0 Å². The van der Waals surface area contributed by atoms with Crippen LogP contribution < -0.4 is 5.32 Å². The average molecular weight is 261 g/mol. The molecule has 1 saturated heterocycles. The number of hydrogen-bond acceptors (Lipinski definition) is 2. The van der Waals surface area contributed by atoms with Gasteiger partial charge in [-0.15, -0.1) is 0 Å². The summed E-state index contributed by atoms with van der Waals surface area (Å²) in [6.07, 6.45) is 9.49. The highest BCUT2D eigenvalue weighted by atomic mass is 15.1. The summed E-state index contributed by atoms with van der Waals surface area (Å²) in [5.41, 5.74) is 1.72. The standard InChI is InChI=1S/C16H27N3/c1-12-5-4-6-14(13(12)2)19-11-18-9-15(19)16(3)7-8-17-10-16/h9,11-14,17H,4-8,10H2,1-3H3. The molecule has 106 valence electrons. The van der Waals surface area contributed by atoms with Crippen molar-refractivity contribution in [1.82, 2.24) is 14.9 Å². The van der Waals surface area contributed by atoms with Crippen LogP contribution in [0.5, 0.6) is 0 Å². The Morgan fingerprint density at radius 3 is 2.95 bits per heavy atom. The fourth-order valence-corrected chi connectivity index (χ4v) is 4.02. The van der Waals surface area contributed by atoms with Gasteiger partial charge < -0.3 is 9.88 Å². The van der Waals surface area contributed by atoms with E-state index in [1.807, 2.05) is 0 Å². The van der Waals surface area contributed by atoms with E-state index >= 15 is 0 Å². The van der Waals surface area contributed by atoms with Crippen molar-refractivity contribution >= 4 is 0 Å². The lowest BCUT2D eigenvalue weighted by Gasteiger charge is -2.37. The highest BCUT2D eigenvalue weighted by molar-refractivity contribution is 5.18. The summed E-state index contributed by atoms with van der Waals surface area (Å²) < 4.78 is 2.51. The van der Waals surface area contributed by atoms with Gasteiger partial charge in [-0.2, -0.15) is 0 Å². The van der Waals surface area contributed by atoms with Gasteiger partial charge in [0.25, 0.3) is 0 Å². The second-order valence-corrected chi connectivity index (χ2v) is 7.01. The predicted octanol–water partition coefficient (Wildman–Crippen LogP) is 3.13. The molecule has 19 heavy (non-hydrogen) atoms. The van der Waals surface area contributed by atoms with Crippen molar-refractivity contribution in [2.45, 2.75) is 57.9 Å². The molecule has 0 amide bonds. The van der Waals surface area contributed by atoms with E-state index in [0.717, 1.165) is 24.9 Å². The van der Waals surface area contributed by atoms with Gasteiger partial charge in [0, 0.05) is 29.9 Å². The minimum absolute atomic E-state index is 0.275. The van der Waals surface area contributed by atoms with Crippen molar-refractivity contribution < 1.29 is 0 Å². The lowest BCUT2D eigenvalue weighted by molar-refractivity contribution is 0.179. The molecule has 3 nitrogen and oxygen atoms in total. The van der Waals surface area contributed by atoms with E-state index in [4.69, 9.17) is 0 Å². The molecule has 1 aliphatic carbocycles. The van der Waals surface area contributed by atoms with Crippen LogP contribution in [0.15, 0.2) is 12.5 Å². The molecule has 0 radical (unpaired) electrons. The third kappa shape index (κ3) is 2.22. The van der Waals surface area contributed by atoms with Crippen LogP contribution in [0.2, 0.25) is 0 Å². The largest absolute Gasteiger partial charge is 0.331 e. The molecular formula is C16H27N3. The van der Waals surface area contributed by atoms with E-state index in [-0.39, 0.29) is 5.41 Å². The van der Waals surface area contributed by atoms with Crippen LogP contribution in [0.3, 0.4) is 0 Å². The summed E-state index contributed by atoms with van der Waals surface area (Å²) in [6, 6.07) is 0.652. The quantitative estimate of drug-likeness (QED) is 0.886. The van der Waals surface area contributed by atoms with Gasteiger partial charge in [0.05, 0.1) is 6.33 Å². The Kier molecular flexibility index (Phi) is 3.42. The fourth-order valence-electron chi connectivity index (χ4n) is 4.02. The molecule has 3 rings (SSSR count). The summed E-state index contributed by atoms with van der Waals surface area (Å²) in [6.45, 7) is 9.45. The SMILES string of the molecule is CC1CCCC(n2cncc2C2(C)CCNC2)C1C. The van der Waals surface area contributed by atoms with Gasteiger partial charge in [-0.25, -0.2) is 4.98 Å². The summed E-state index contributed by atoms with van der Waals surface area (Å²) in [5, 5.41) is 3.51. The molecule has 0 spiro atoms. The van der Waals surface area contributed by atoms with Gasteiger partial charge in [-0.05, 0) is 31.2 Å². The number of nitrogens with zero attached hydrogens (tertiary/aromatic N) is 2. The molecule has 1 N–H and O–H groups in total. The first-order chi connectivity index (χ1) is 9.12. The normalized spacial score (nSPS) is 39.6. The molecule has 2 fully saturated rings. The monoisotopic (exact) mass is 261 g/mol. The topological polar surface area (TPSA) is 29.9 Å². The van der Waals surface area contributed by atoms with Gasteiger partial charge in [-0.1, -0.05) is 33.6 Å². The Labute approximate surface area is 116 Å². The smallest absolute Gasteiger partial charge is 0.0951 e. The van der Waals surface area contributed by atoms with Crippen LogP contribution in [0, 0.1) is 11.8 Å². The molecule has 1 aromatic heterocycles. The van der Waals surface area contributed by atoms with Crippen LogP contribution in [0.25, 0.3) is 0 Å². The Morgan fingerprint density at radius 1 is 1.37 bits per heavy atom. The first-order valence-corrected chi connectivity index (χ1v) is 7.85. The van der Waals surface area contributed by atoms with E-state index in [1.54, 1.807) is 0 Å². The molecule has 1 aromatic rings. The molecule has 2 aliphatic rings. The minimum atomic E-state index is 0.275. The van der Waals surface area contributed by atoms with E-state index in [2.05, 4.69) is 48.2 Å². The van der Waals surface area contributed by atoms with Crippen molar-refractivity contribution in [2.75, 3.05) is 13.1 Å². The molecule has 3 heteroatoms. The lowest BCUT2D eigenvalue weighted by atomic mass is 9.77. The Hall–Kier alpha value is -0.830. The van der Waals surface area contributed by atoms with E-state index < -0.39 is 0 Å². The summed E-state index contributed by atoms with van der Waals surface area (Å²) in [4.78, 5) is 4.48. The van der Waals surface area contributed by atoms with Crippen LogP contribution in [0.1, 0.15) is 58.2 Å². The Balaban J connectivity index is 1.91. The second-order valence-electron chi connectivity index (χ2n) is 7.01. The van der Waals surface area contributed by atoms with Gasteiger partial charge >= 0.3 is 0 Å². The first-order valence-electron chi connectivity index (χ1n) is 7.85. The first kappa shape index (κ1) is 13.2. The van der Waals surface area contributed by atoms with Crippen molar-refractivity contribution in [3.05, 3.63) is 18.2 Å². The van der Waals surface area contributed by atoms with E-state index in [1.165, 1.54) is 31.4 Å². The number of rotatable bonds is 2. The van der Waals surface area contributed by atoms with Crippen LogP contribution in [0.4, 0.5) is 0 Å². The molecule has 1 aliphatic heterocycles. The van der Waals surface area contributed by atoms with Crippen molar-refractivity contribution in [1.29, 1.82) is 0 Å². The van der Waals surface area contributed by atoms with E-state index in [0.29, 0.717) is 6.04 Å². The van der Waals surface area contributed by atoms with Crippen molar-refractivity contribution in [3.63, 3.8) is 0 Å². The van der Waals surface area contributed by atoms with Crippen molar-refractivity contribution in [2.24, 2.45) is 11.8 Å². The summed E-state index contributed by atoms with van der Waals surface area (Å²) in [7, 11) is 0. The maximum Gasteiger partial charge on any atom is 0.0951 e. The number of aromatic nitrogens is 2. The molecule has 0 aromatic carbocycles. The van der Waals surface area contributed by atoms with Gasteiger partial charge in [0.1, 0.15) is 0 Å². The molecule has 4 unspecified atom stereocenters. The lowest BCUT2D eigenvalue weighted by Crippen LogP contribution is -2.33. The molecule has 0 bridgehead atoms. The zero-order valence-corrected chi connectivity index (χ0v) is 12.5. The van der Waals surface area contributed by atoms with Gasteiger partial charge in [0.2, 0.25) is 0 Å². The van der Waals surface area contributed by atoms with Crippen molar-refractivity contribution in [3.8, 4) is 0 Å². The average Bonchev–Trinajstić information content (AvgIpc) is 3.02. The maximum absolute atomic E-state index is 4.48. The molecular weight excluding hydrogens is 234 g/mol. The maximum atomic E-state index is 4.48. The van der Waals surface area contributed by atoms with Crippen LogP contribution in [-0.2, 0) is 5.41 Å². The Morgan fingerprint density at radius 2 is 2.21 bits per heavy atom. The second kappa shape index (κ2) is 4.93. The predicted molar refractivity (Wildman–Crippen MR) is 78.3 cm³/mol. The molecule has 1 saturated carbocycles. The summed E-state index contributed by atoms with van der Waals surface area (Å²) in [5.74, 6) is 1.60.